The monoisotopic (exact) mass is 370 g/mol. The smallest absolute Gasteiger partial charge is 0.356 e. The van der Waals surface area contributed by atoms with Crippen LogP contribution in [-0.2, 0) is 17.5 Å². The number of nitrogens with zero attached hydrogens (tertiary/aromatic N) is 3. The third-order valence-electron chi connectivity index (χ3n) is 4.15. The number of aromatic nitrogens is 2. The van der Waals surface area contributed by atoms with Crippen LogP contribution >= 0.6 is 11.3 Å². The molecule has 0 saturated carbocycles. The molecule has 3 rings (SSSR count). The van der Waals surface area contributed by atoms with E-state index in [0.29, 0.717) is 32.5 Å². The van der Waals surface area contributed by atoms with Crippen molar-refractivity contribution in [2.75, 3.05) is 18.0 Å². The maximum absolute atomic E-state index is 12.7. The molecule has 0 bridgehead atoms. The number of thiophene rings is 1. The van der Waals surface area contributed by atoms with Gasteiger partial charge in [0.2, 0.25) is 5.91 Å². The number of hydrogen-bond donors (Lipinski definition) is 1. The lowest BCUT2D eigenvalue weighted by Crippen LogP contribution is -2.40. The summed E-state index contributed by atoms with van der Waals surface area (Å²) >= 11 is 1.58. The third kappa shape index (κ3) is 4.47. The average Bonchev–Trinajstić information content (AvgIpc) is 3.13. The molecule has 1 fully saturated rings. The van der Waals surface area contributed by atoms with Crippen LogP contribution in [0.5, 0.6) is 0 Å². The van der Waals surface area contributed by atoms with Gasteiger partial charge in [0.05, 0.1) is 6.54 Å². The molecule has 0 radical (unpaired) electrons. The van der Waals surface area contributed by atoms with Crippen molar-refractivity contribution < 1.29 is 18.0 Å². The molecule has 25 heavy (non-hydrogen) atoms. The molecule has 0 spiro atoms. The zero-order chi connectivity index (χ0) is 17.9. The van der Waals surface area contributed by atoms with Gasteiger partial charge in [0.25, 0.3) is 0 Å². The van der Waals surface area contributed by atoms with Crippen LogP contribution in [0.4, 0.5) is 19.0 Å². The fourth-order valence-electron chi connectivity index (χ4n) is 2.78. The van der Waals surface area contributed by atoms with Gasteiger partial charge in [-0.05, 0) is 24.3 Å². The molecule has 5 nitrogen and oxygen atoms in total. The van der Waals surface area contributed by atoms with Crippen LogP contribution in [0.2, 0.25) is 0 Å². The third-order valence-corrected chi connectivity index (χ3v) is 5.03. The Labute approximate surface area is 146 Å². The number of rotatable bonds is 4. The van der Waals surface area contributed by atoms with Crippen LogP contribution < -0.4 is 10.2 Å². The minimum Gasteiger partial charge on any atom is -0.356 e. The second-order valence-electron chi connectivity index (χ2n) is 5.82. The van der Waals surface area contributed by atoms with E-state index in [1.165, 1.54) is 0 Å². The van der Waals surface area contributed by atoms with Gasteiger partial charge in [-0.15, -0.1) is 11.3 Å². The zero-order valence-corrected chi connectivity index (χ0v) is 14.1. The van der Waals surface area contributed by atoms with Crippen molar-refractivity contribution in [2.45, 2.75) is 25.6 Å². The number of piperidine rings is 1. The molecule has 1 aliphatic heterocycles. The van der Waals surface area contributed by atoms with Crippen molar-refractivity contribution in [1.29, 1.82) is 0 Å². The second-order valence-corrected chi connectivity index (χ2v) is 6.85. The van der Waals surface area contributed by atoms with Gasteiger partial charge in [0.1, 0.15) is 17.8 Å². The van der Waals surface area contributed by atoms with Crippen LogP contribution in [0.1, 0.15) is 23.4 Å². The van der Waals surface area contributed by atoms with Gasteiger partial charge in [-0.1, -0.05) is 6.07 Å². The lowest BCUT2D eigenvalue weighted by molar-refractivity contribution is -0.141. The first-order valence-corrected chi connectivity index (χ1v) is 8.76. The Bertz CT molecular complexity index is 712. The van der Waals surface area contributed by atoms with E-state index in [1.807, 2.05) is 17.5 Å². The molecule has 2 aromatic heterocycles. The van der Waals surface area contributed by atoms with Crippen LogP contribution in [0.25, 0.3) is 0 Å². The van der Waals surface area contributed by atoms with Gasteiger partial charge in [0.15, 0.2) is 0 Å². The maximum atomic E-state index is 12.7. The fourth-order valence-corrected chi connectivity index (χ4v) is 3.42. The molecule has 1 aliphatic rings. The standard InChI is InChI=1S/C16H17F3N4OS/c17-16(18,19)13-8-14(22-10-21-13)23-5-3-11(4-6-23)15(24)20-9-12-2-1-7-25-12/h1-2,7-8,10-11H,3-6,9H2,(H,20,24). The maximum Gasteiger partial charge on any atom is 0.433 e. The van der Waals surface area contributed by atoms with Crippen molar-refractivity contribution in [3.05, 3.63) is 40.5 Å². The van der Waals surface area contributed by atoms with Crippen molar-refractivity contribution in [3.8, 4) is 0 Å². The van der Waals surface area contributed by atoms with Crippen molar-refractivity contribution >= 4 is 23.1 Å². The number of halogens is 3. The summed E-state index contributed by atoms with van der Waals surface area (Å²) < 4.78 is 38.2. The zero-order valence-electron chi connectivity index (χ0n) is 13.3. The number of alkyl halides is 3. The summed E-state index contributed by atoms with van der Waals surface area (Å²) in [6.45, 7) is 1.49. The predicted octanol–water partition coefficient (Wildman–Crippen LogP) is 3.09. The minimum atomic E-state index is -4.49. The van der Waals surface area contributed by atoms with Crippen LogP contribution in [-0.4, -0.2) is 29.0 Å². The highest BCUT2D eigenvalue weighted by Gasteiger charge is 2.34. The van der Waals surface area contributed by atoms with Gasteiger partial charge in [-0.3, -0.25) is 4.79 Å². The quantitative estimate of drug-likeness (QED) is 0.899. The molecule has 1 amide bonds. The molecular weight excluding hydrogens is 353 g/mol. The van der Waals surface area contributed by atoms with Crippen LogP contribution in [0.3, 0.4) is 0 Å². The number of carbonyl (C=O) groups excluding carboxylic acids is 1. The summed E-state index contributed by atoms with van der Waals surface area (Å²) in [5, 5.41) is 4.87. The van der Waals surface area contributed by atoms with E-state index in [0.717, 1.165) is 17.3 Å². The van der Waals surface area contributed by atoms with E-state index in [-0.39, 0.29) is 17.6 Å². The second kappa shape index (κ2) is 7.38. The summed E-state index contributed by atoms with van der Waals surface area (Å²) in [6, 6.07) is 4.85. The molecule has 0 aromatic carbocycles. The number of amides is 1. The summed E-state index contributed by atoms with van der Waals surface area (Å²) in [7, 11) is 0. The summed E-state index contributed by atoms with van der Waals surface area (Å²) in [5.41, 5.74) is -0.951. The first kappa shape index (κ1) is 17.7. The molecule has 0 atom stereocenters. The Kier molecular flexibility index (Phi) is 5.22. The van der Waals surface area contributed by atoms with Gasteiger partial charge in [-0.2, -0.15) is 13.2 Å². The minimum absolute atomic E-state index is 0.00767. The molecule has 0 unspecified atom stereocenters. The molecule has 2 aromatic rings. The van der Waals surface area contributed by atoms with Crippen LogP contribution in [0.15, 0.2) is 29.9 Å². The van der Waals surface area contributed by atoms with E-state index in [9.17, 15) is 18.0 Å². The van der Waals surface area contributed by atoms with E-state index in [4.69, 9.17) is 0 Å². The van der Waals surface area contributed by atoms with Crippen molar-refractivity contribution in [1.82, 2.24) is 15.3 Å². The normalized spacial score (nSPS) is 16.0. The molecule has 9 heteroatoms. The SMILES string of the molecule is O=C(NCc1cccs1)C1CCN(c2cc(C(F)(F)F)ncn2)CC1. The number of anilines is 1. The predicted molar refractivity (Wildman–Crippen MR) is 88.1 cm³/mol. The highest BCUT2D eigenvalue weighted by molar-refractivity contribution is 7.09. The Morgan fingerprint density at radius 1 is 1.32 bits per heavy atom. The Hall–Kier alpha value is -2.16. The van der Waals surface area contributed by atoms with Gasteiger partial charge in [-0.25, -0.2) is 9.97 Å². The molecule has 1 saturated heterocycles. The van der Waals surface area contributed by atoms with Crippen molar-refractivity contribution in [2.24, 2.45) is 5.92 Å². The highest BCUT2D eigenvalue weighted by Crippen LogP contribution is 2.30. The van der Waals surface area contributed by atoms with E-state index in [2.05, 4.69) is 15.3 Å². The lowest BCUT2D eigenvalue weighted by atomic mass is 9.96. The van der Waals surface area contributed by atoms with E-state index in [1.54, 1.807) is 16.2 Å². The van der Waals surface area contributed by atoms with Gasteiger partial charge in [0, 0.05) is 30.0 Å². The van der Waals surface area contributed by atoms with E-state index >= 15 is 0 Å². The van der Waals surface area contributed by atoms with Gasteiger partial charge >= 0.3 is 6.18 Å². The Morgan fingerprint density at radius 2 is 2.08 bits per heavy atom. The highest BCUT2D eigenvalue weighted by atomic mass is 32.1. The van der Waals surface area contributed by atoms with E-state index < -0.39 is 11.9 Å². The summed E-state index contributed by atoms with van der Waals surface area (Å²) in [5.74, 6) is 0.117. The lowest BCUT2D eigenvalue weighted by Gasteiger charge is -2.32. The molecule has 0 aliphatic carbocycles. The van der Waals surface area contributed by atoms with Crippen LogP contribution in [0, 0.1) is 5.92 Å². The first-order valence-electron chi connectivity index (χ1n) is 7.88. The number of nitrogens with one attached hydrogen (secondary N) is 1. The molecule has 3 heterocycles. The van der Waals surface area contributed by atoms with Crippen molar-refractivity contribution in [3.63, 3.8) is 0 Å². The largest absolute Gasteiger partial charge is 0.433 e. The topological polar surface area (TPSA) is 58.1 Å². The summed E-state index contributed by atoms with van der Waals surface area (Å²) in [4.78, 5) is 22.3. The molecule has 134 valence electrons. The number of carbonyl (C=O) groups is 1. The summed E-state index contributed by atoms with van der Waals surface area (Å²) in [6.07, 6.45) is -2.39. The number of hydrogen-bond acceptors (Lipinski definition) is 5. The Balaban J connectivity index is 1.54. The molecule has 1 N–H and O–H groups in total. The fraction of sp³-hybridized carbons (Fsp3) is 0.438. The Morgan fingerprint density at radius 3 is 2.72 bits per heavy atom. The van der Waals surface area contributed by atoms with Gasteiger partial charge < -0.3 is 10.2 Å². The first-order chi connectivity index (χ1) is 11.9. The molecular formula is C16H17F3N4OS. The average molecular weight is 370 g/mol.